The van der Waals surface area contributed by atoms with Gasteiger partial charge >= 0.3 is 6.18 Å². The smallest absolute Gasteiger partial charge is 0.435 e. The number of hydrogen-bond donors (Lipinski definition) is 0. The van der Waals surface area contributed by atoms with Gasteiger partial charge < -0.3 is 4.74 Å². The van der Waals surface area contributed by atoms with Crippen LogP contribution in [0.25, 0.3) is 28.5 Å². The average molecular weight is 427 g/mol. The Labute approximate surface area is 174 Å². The quantitative estimate of drug-likeness (QED) is 0.381. The Balaban J connectivity index is 1.71. The van der Waals surface area contributed by atoms with Crippen molar-refractivity contribution in [1.29, 1.82) is 0 Å². The van der Waals surface area contributed by atoms with Crippen LogP contribution in [-0.2, 0) is 6.18 Å². The number of halogens is 3. The molecule has 0 amide bonds. The molecular weight excluding hydrogens is 411 g/mol. The molecule has 0 N–H and O–H groups in total. The molecule has 2 aromatic carbocycles. The van der Waals surface area contributed by atoms with E-state index in [1.165, 1.54) is 16.0 Å². The van der Waals surface area contributed by atoms with Crippen molar-refractivity contribution in [3.05, 3.63) is 83.0 Å². The average Bonchev–Trinajstić information content (AvgIpc) is 3.40. The van der Waals surface area contributed by atoms with Crippen LogP contribution in [0.1, 0.15) is 17.0 Å². The van der Waals surface area contributed by atoms with Gasteiger partial charge in [0.2, 0.25) is 5.13 Å². The van der Waals surface area contributed by atoms with Crippen LogP contribution < -0.4 is 4.74 Å². The van der Waals surface area contributed by atoms with Gasteiger partial charge in [0.05, 0.1) is 18.5 Å². The third kappa shape index (κ3) is 4.28. The molecule has 2 heterocycles. The van der Waals surface area contributed by atoms with E-state index in [-0.39, 0.29) is 5.69 Å². The fraction of sp³-hybridized carbons (Fsp3) is 0.0909. The van der Waals surface area contributed by atoms with Crippen LogP contribution in [0.3, 0.4) is 0 Å². The first-order chi connectivity index (χ1) is 14.4. The lowest BCUT2D eigenvalue weighted by molar-refractivity contribution is -0.141. The molecule has 4 nitrogen and oxygen atoms in total. The highest BCUT2D eigenvalue weighted by Gasteiger charge is 2.35. The van der Waals surface area contributed by atoms with Gasteiger partial charge in [0, 0.05) is 10.9 Å². The molecule has 0 aliphatic heterocycles. The molecule has 4 aromatic rings. The first-order valence-corrected chi connectivity index (χ1v) is 9.83. The fourth-order valence-corrected chi connectivity index (χ4v) is 3.61. The van der Waals surface area contributed by atoms with Gasteiger partial charge in [-0.05, 0) is 29.8 Å². The van der Waals surface area contributed by atoms with Crippen molar-refractivity contribution in [2.24, 2.45) is 0 Å². The molecule has 30 heavy (non-hydrogen) atoms. The van der Waals surface area contributed by atoms with Gasteiger partial charge in [-0.15, -0.1) is 11.3 Å². The van der Waals surface area contributed by atoms with Gasteiger partial charge in [-0.2, -0.15) is 18.3 Å². The van der Waals surface area contributed by atoms with Crippen molar-refractivity contribution in [2.75, 3.05) is 7.11 Å². The van der Waals surface area contributed by atoms with Gasteiger partial charge in [-0.1, -0.05) is 48.5 Å². The number of ether oxygens (including phenoxy) is 1. The number of alkyl halides is 3. The van der Waals surface area contributed by atoms with Gasteiger partial charge in [0.25, 0.3) is 0 Å². The van der Waals surface area contributed by atoms with Crippen LogP contribution in [0, 0.1) is 0 Å². The predicted octanol–water partition coefficient (Wildman–Crippen LogP) is 6.19. The summed E-state index contributed by atoms with van der Waals surface area (Å²) in [7, 11) is 1.57. The number of benzene rings is 2. The van der Waals surface area contributed by atoms with Crippen molar-refractivity contribution >= 4 is 23.5 Å². The Morgan fingerprint density at radius 1 is 1.00 bits per heavy atom. The van der Waals surface area contributed by atoms with E-state index in [9.17, 15) is 13.2 Å². The Hall–Kier alpha value is -3.39. The summed E-state index contributed by atoms with van der Waals surface area (Å²) < 4.78 is 46.2. The number of thiazole rings is 1. The topological polar surface area (TPSA) is 39.9 Å². The highest BCUT2D eigenvalue weighted by molar-refractivity contribution is 7.12. The second-order valence-corrected chi connectivity index (χ2v) is 7.19. The van der Waals surface area contributed by atoms with E-state index in [0.717, 1.165) is 17.2 Å². The molecule has 2 aromatic heterocycles. The van der Waals surface area contributed by atoms with E-state index in [1.807, 2.05) is 42.5 Å². The molecule has 0 fully saturated rings. The lowest BCUT2D eigenvalue weighted by atomic mass is 10.2. The van der Waals surface area contributed by atoms with Gasteiger partial charge in [-0.25, -0.2) is 9.67 Å². The van der Waals surface area contributed by atoms with E-state index in [1.54, 1.807) is 36.8 Å². The van der Waals surface area contributed by atoms with Crippen molar-refractivity contribution in [1.82, 2.24) is 14.8 Å². The Morgan fingerprint density at radius 3 is 2.40 bits per heavy atom. The van der Waals surface area contributed by atoms with Crippen molar-refractivity contribution in [3.63, 3.8) is 0 Å². The summed E-state index contributed by atoms with van der Waals surface area (Å²) in [4.78, 5) is 4.49. The monoisotopic (exact) mass is 427 g/mol. The maximum Gasteiger partial charge on any atom is 0.435 e. The summed E-state index contributed by atoms with van der Waals surface area (Å²) >= 11 is 1.23. The molecule has 152 valence electrons. The van der Waals surface area contributed by atoms with E-state index in [0.29, 0.717) is 16.6 Å². The Kier molecular flexibility index (Phi) is 5.41. The SMILES string of the molecule is COc1ccc(C=Cc2cc(C(F)(F)F)nn2-c2nc(-c3ccccc3)cs2)cc1. The van der Waals surface area contributed by atoms with Crippen LogP contribution >= 0.6 is 11.3 Å². The molecule has 0 saturated heterocycles. The lowest BCUT2D eigenvalue weighted by Crippen LogP contribution is -2.07. The van der Waals surface area contributed by atoms with E-state index < -0.39 is 11.9 Å². The molecule has 4 rings (SSSR count). The predicted molar refractivity (Wildman–Crippen MR) is 112 cm³/mol. The maximum atomic E-state index is 13.3. The minimum atomic E-state index is -4.55. The summed E-state index contributed by atoms with van der Waals surface area (Å²) in [5.74, 6) is 0.702. The zero-order valence-electron chi connectivity index (χ0n) is 15.8. The second-order valence-electron chi connectivity index (χ2n) is 6.35. The van der Waals surface area contributed by atoms with Gasteiger partial charge in [0.1, 0.15) is 5.75 Å². The number of rotatable bonds is 5. The molecule has 0 radical (unpaired) electrons. The van der Waals surface area contributed by atoms with Gasteiger partial charge in [0.15, 0.2) is 5.69 Å². The van der Waals surface area contributed by atoms with Crippen molar-refractivity contribution in [2.45, 2.75) is 6.18 Å². The van der Waals surface area contributed by atoms with Crippen molar-refractivity contribution in [3.8, 4) is 22.1 Å². The zero-order chi connectivity index (χ0) is 21.1. The summed E-state index contributed by atoms with van der Waals surface area (Å²) in [5, 5.41) is 5.93. The third-order valence-electron chi connectivity index (χ3n) is 4.33. The van der Waals surface area contributed by atoms with Gasteiger partial charge in [-0.3, -0.25) is 0 Å². The highest BCUT2D eigenvalue weighted by Crippen LogP contribution is 2.31. The van der Waals surface area contributed by atoms with Crippen LogP contribution in [0.5, 0.6) is 5.75 Å². The molecule has 0 saturated carbocycles. The summed E-state index contributed by atoms with van der Waals surface area (Å²) in [6, 6.07) is 17.7. The number of hydrogen-bond acceptors (Lipinski definition) is 4. The first kappa shape index (κ1) is 19.9. The minimum Gasteiger partial charge on any atom is -0.497 e. The standard InChI is InChI=1S/C22H16F3N3OS/c1-29-18-11-8-15(9-12-18)7-10-17-13-20(22(23,24)25)27-28(17)21-26-19(14-30-21)16-5-3-2-4-6-16/h2-14H,1H3. The summed E-state index contributed by atoms with van der Waals surface area (Å²) in [6.45, 7) is 0. The molecule has 8 heteroatoms. The number of nitrogens with zero attached hydrogens (tertiary/aromatic N) is 3. The van der Waals surface area contributed by atoms with E-state index in [4.69, 9.17) is 4.74 Å². The summed E-state index contributed by atoms with van der Waals surface area (Å²) in [6.07, 6.45) is -1.24. The van der Waals surface area contributed by atoms with Crippen LogP contribution in [-0.4, -0.2) is 21.9 Å². The largest absolute Gasteiger partial charge is 0.497 e. The molecule has 0 atom stereocenters. The van der Waals surface area contributed by atoms with E-state index >= 15 is 0 Å². The molecule has 0 unspecified atom stereocenters. The lowest BCUT2D eigenvalue weighted by Gasteiger charge is -2.01. The molecule has 0 aliphatic carbocycles. The van der Waals surface area contributed by atoms with Crippen LogP contribution in [0.4, 0.5) is 13.2 Å². The molecule has 0 spiro atoms. The van der Waals surface area contributed by atoms with Crippen LogP contribution in [0.2, 0.25) is 0 Å². The first-order valence-electron chi connectivity index (χ1n) is 8.95. The van der Waals surface area contributed by atoms with Crippen LogP contribution in [0.15, 0.2) is 66.0 Å². The summed E-state index contributed by atoms with van der Waals surface area (Å²) in [5.41, 5.74) is 1.71. The normalized spacial score (nSPS) is 11.9. The molecular formula is C22H16F3N3OS. The van der Waals surface area contributed by atoms with Crippen molar-refractivity contribution < 1.29 is 17.9 Å². The number of aromatic nitrogens is 3. The fourth-order valence-electron chi connectivity index (χ4n) is 2.81. The highest BCUT2D eigenvalue weighted by atomic mass is 32.1. The molecule has 0 bridgehead atoms. The Bertz CT molecular complexity index is 1160. The Morgan fingerprint density at radius 2 is 1.73 bits per heavy atom. The zero-order valence-corrected chi connectivity index (χ0v) is 16.6. The minimum absolute atomic E-state index is 0.284. The second kappa shape index (κ2) is 8.16. The molecule has 0 aliphatic rings. The maximum absolute atomic E-state index is 13.3. The number of methoxy groups -OCH3 is 1. The van der Waals surface area contributed by atoms with E-state index in [2.05, 4.69) is 10.1 Å². The third-order valence-corrected chi connectivity index (χ3v) is 5.15.